The number of rotatable bonds is 3. The summed E-state index contributed by atoms with van der Waals surface area (Å²) < 4.78 is 30.5. The maximum absolute atomic E-state index is 6.24. The van der Waals surface area contributed by atoms with E-state index in [0.717, 1.165) is 5.56 Å². The SMILES string of the molecule is C[C@H]1O[C@@H]2OC3(C(C)(C)C)O[C@@H]2[C@@H](OCc2ccccc2)[C@@H]1O3. The summed E-state index contributed by atoms with van der Waals surface area (Å²) in [5.74, 6) is -1.05. The molecule has 3 saturated heterocycles. The van der Waals surface area contributed by atoms with Crippen molar-refractivity contribution in [3.8, 4) is 0 Å². The molecule has 126 valence electrons. The van der Waals surface area contributed by atoms with Crippen molar-refractivity contribution >= 4 is 0 Å². The van der Waals surface area contributed by atoms with E-state index in [1.807, 2.05) is 58.0 Å². The predicted octanol–water partition coefficient (Wildman–Crippen LogP) is 2.83. The molecule has 0 amide bonds. The van der Waals surface area contributed by atoms with Crippen molar-refractivity contribution in [2.24, 2.45) is 5.41 Å². The van der Waals surface area contributed by atoms with Crippen LogP contribution in [-0.4, -0.2) is 36.7 Å². The average Bonchev–Trinajstić information content (AvgIpc) is 2.73. The topological polar surface area (TPSA) is 46.2 Å². The summed E-state index contributed by atoms with van der Waals surface area (Å²) in [7, 11) is 0. The summed E-state index contributed by atoms with van der Waals surface area (Å²) in [5.41, 5.74) is 0.819. The third kappa shape index (κ3) is 2.42. The van der Waals surface area contributed by atoms with E-state index in [-0.39, 0.29) is 29.8 Å². The van der Waals surface area contributed by atoms with Gasteiger partial charge in [-0.1, -0.05) is 51.1 Å². The molecule has 23 heavy (non-hydrogen) atoms. The van der Waals surface area contributed by atoms with Crippen LogP contribution in [0.25, 0.3) is 0 Å². The molecule has 3 bridgehead atoms. The standard InChI is InChI=1S/C18H24O5/c1-11-13-14(19-10-12-8-6-5-7-9-12)15-16(20-11)23-18(21-13,22-15)17(2,3)4/h5-9,11,13-16H,10H2,1-4H3/t11-,13-,14+,15-,16-,18?/m1/s1. The van der Waals surface area contributed by atoms with Crippen LogP contribution in [0, 0.1) is 5.41 Å². The average molecular weight is 320 g/mol. The van der Waals surface area contributed by atoms with Crippen LogP contribution in [-0.2, 0) is 30.3 Å². The summed E-state index contributed by atoms with van der Waals surface area (Å²) in [4.78, 5) is 0. The van der Waals surface area contributed by atoms with Crippen molar-refractivity contribution in [2.45, 2.75) is 71.0 Å². The minimum absolute atomic E-state index is 0.0925. The van der Waals surface area contributed by atoms with Gasteiger partial charge in [0.25, 0.3) is 5.97 Å². The van der Waals surface area contributed by atoms with E-state index in [0.29, 0.717) is 6.61 Å². The molecule has 0 N–H and O–H groups in total. The quantitative estimate of drug-likeness (QED) is 0.857. The Morgan fingerprint density at radius 1 is 1.04 bits per heavy atom. The highest BCUT2D eigenvalue weighted by Crippen LogP contribution is 2.52. The van der Waals surface area contributed by atoms with Gasteiger partial charge < -0.3 is 18.9 Å². The van der Waals surface area contributed by atoms with Crippen molar-refractivity contribution < 1.29 is 23.7 Å². The molecule has 6 atom stereocenters. The van der Waals surface area contributed by atoms with E-state index in [1.165, 1.54) is 0 Å². The lowest BCUT2D eigenvalue weighted by molar-refractivity contribution is -0.429. The molecule has 0 radical (unpaired) electrons. The van der Waals surface area contributed by atoms with Gasteiger partial charge in [-0.15, -0.1) is 0 Å². The van der Waals surface area contributed by atoms with Gasteiger partial charge in [0.05, 0.1) is 12.7 Å². The molecule has 0 aliphatic carbocycles. The molecule has 5 nitrogen and oxygen atoms in total. The Morgan fingerprint density at radius 2 is 1.74 bits per heavy atom. The van der Waals surface area contributed by atoms with Crippen molar-refractivity contribution in [3.05, 3.63) is 35.9 Å². The van der Waals surface area contributed by atoms with Crippen molar-refractivity contribution in [1.82, 2.24) is 0 Å². The van der Waals surface area contributed by atoms with Gasteiger partial charge in [-0.05, 0) is 12.5 Å². The van der Waals surface area contributed by atoms with Crippen LogP contribution in [0.15, 0.2) is 30.3 Å². The van der Waals surface area contributed by atoms with Gasteiger partial charge in [-0.2, -0.15) is 0 Å². The summed E-state index contributed by atoms with van der Waals surface area (Å²) in [6.45, 7) is 8.66. The number of benzene rings is 1. The lowest BCUT2D eigenvalue weighted by Gasteiger charge is -2.48. The molecular formula is C18H24O5. The van der Waals surface area contributed by atoms with Gasteiger partial charge in [0.15, 0.2) is 6.29 Å². The maximum Gasteiger partial charge on any atom is 0.291 e. The Kier molecular flexibility index (Phi) is 3.55. The molecule has 3 fully saturated rings. The molecule has 3 aliphatic rings. The Bertz CT molecular complexity index is 569. The van der Waals surface area contributed by atoms with E-state index in [1.54, 1.807) is 0 Å². The molecule has 0 saturated carbocycles. The second-order valence-corrected chi connectivity index (χ2v) is 7.56. The Balaban J connectivity index is 1.55. The Morgan fingerprint density at radius 3 is 2.43 bits per heavy atom. The van der Waals surface area contributed by atoms with Crippen LogP contribution in [0.4, 0.5) is 0 Å². The zero-order valence-corrected chi connectivity index (χ0v) is 14.0. The van der Waals surface area contributed by atoms with E-state index in [2.05, 4.69) is 0 Å². The van der Waals surface area contributed by atoms with Gasteiger partial charge >= 0.3 is 0 Å². The van der Waals surface area contributed by atoms with Crippen LogP contribution in [0.2, 0.25) is 0 Å². The number of ether oxygens (including phenoxy) is 5. The van der Waals surface area contributed by atoms with E-state index in [4.69, 9.17) is 23.7 Å². The van der Waals surface area contributed by atoms with Crippen LogP contribution in [0.3, 0.4) is 0 Å². The molecule has 0 aromatic heterocycles. The van der Waals surface area contributed by atoms with E-state index in [9.17, 15) is 0 Å². The second kappa shape index (κ2) is 5.26. The first-order valence-corrected chi connectivity index (χ1v) is 8.24. The molecule has 4 rings (SSSR count). The maximum atomic E-state index is 6.24. The van der Waals surface area contributed by atoms with Crippen LogP contribution in [0.5, 0.6) is 0 Å². The van der Waals surface area contributed by atoms with Gasteiger partial charge in [-0.3, -0.25) is 4.74 Å². The third-order valence-electron chi connectivity index (χ3n) is 4.78. The molecule has 1 unspecified atom stereocenters. The zero-order chi connectivity index (χ0) is 16.2. The molecule has 3 heterocycles. The minimum Gasteiger partial charge on any atom is -0.368 e. The summed E-state index contributed by atoms with van der Waals surface area (Å²) >= 11 is 0. The Hall–Kier alpha value is -0.980. The first-order valence-electron chi connectivity index (χ1n) is 8.24. The highest BCUT2D eigenvalue weighted by molar-refractivity contribution is 5.13. The largest absolute Gasteiger partial charge is 0.368 e. The van der Waals surface area contributed by atoms with Gasteiger partial charge in [-0.25, -0.2) is 0 Å². The van der Waals surface area contributed by atoms with Gasteiger partial charge in [0.1, 0.15) is 18.3 Å². The summed E-state index contributed by atoms with van der Waals surface area (Å²) in [6.07, 6.45) is -1.18. The third-order valence-corrected chi connectivity index (χ3v) is 4.78. The van der Waals surface area contributed by atoms with Crippen molar-refractivity contribution in [1.29, 1.82) is 0 Å². The Labute approximate surface area is 136 Å². The highest BCUT2D eigenvalue weighted by atomic mass is 17.0. The fourth-order valence-corrected chi connectivity index (χ4v) is 3.44. The second-order valence-electron chi connectivity index (χ2n) is 7.56. The number of hydrogen-bond acceptors (Lipinski definition) is 5. The minimum atomic E-state index is -1.05. The monoisotopic (exact) mass is 320 g/mol. The fraction of sp³-hybridized carbons (Fsp3) is 0.667. The molecular weight excluding hydrogens is 296 g/mol. The molecule has 5 heteroatoms. The molecule has 1 aromatic carbocycles. The van der Waals surface area contributed by atoms with Crippen molar-refractivity contribution in [2.75, 3.05) is 0 Å². The lowest BCUT2D eigenvalue weighted by atomic mass is 9.91. The predicted molar refractivity (Wildman–Crippen MR) is 82.4 cm³/mol. The van der Waals surface area contributed by atoms with Crippen LogP contribution in [0.1, 0.15) is 33.3 Å². The van der Waals surface area contributed by atoms with E-state index >= 15 is 0 Å². The lowest BCUT2D eigenvalue weighted by Crippen LogP contribution is -2.63. The van der Waals surface area contributed by atoms with E-state index < -0.39 is 12.3 Å². The zero-order valence-electron chi connectivity index (χ0n) is 14.0. The number of hydrogen-bond donors (Lipinski definition) is 0. The molecule has 1 aromatic rings. The van der Waals surface area contributed by atoms with Crippen LogP contribution < -0.4 is 0 Å². The normalized spacial score (nSPS) is 42.2. The molecule has 3 aliphatic heterocycles. The number of fused-ring (bicyclic) bond motifs is 2. The van der Waals surface area contributed by atoms with Crippen LogP contribution >= 0.6 is 0 Å². The smallest absolute Gasteiger partial charge is 0.291 e. The first kappa shape index (κ1) is 15.5. The van der Waals surface area contributed by atoms with Gasteiger partial charge in [0, 0.05) is 5.41 Å². The van der Waals surface area contributed by atoms with Gasteiger partial charge in [0.2, 0.25) is 0 Å². The fourth-order valence-electron chi connectivity index (χ4n) is 3.44. The van der Waals surface area contributed by atoms with Crippen molar-refractivity contribution in [3.63, 3.8) is 0 Å². The molecule has 0 spiro atoms. The summed E-state index contributed by atoms with van der Waals surface area (Å²) in [6, 6.07) is 10.1. The first-order chi connectivity index (χ1) is 10.9. The summed E-state index contributed by atoms with van der Waals surface area (Å²) in [5, 5.41) is 0. The highest BCUT2D eigenvalue weighted by Gasteiger charge is 2.68.